The number of hydrogen-bond donors (Lipinski definition) is 0. The van der Waals surface area contributed by atoms with Crippen LogP contribution in [0.15, 0.2) is 94.8 Å². The molecule has 2 aromatic heterocycles. The van der Waals surface area contributed by atoms with Gasteiger partial charge in [0.25, 0.3) is 11.2 Å². The zero-order valence-corrected chi connectivity index (χ0v) is 18.9. The molecular weight excluding hydrogens is 446 g/mol. The van der Waals surface area contributed by atoms with E-state index in [2.05, 4.69) is 4.98 Å². The SMILES string of the molecule is Cc1cccc(-n2c(=O)n(Cc3ccccc3)c(=O)c3c2ncn3Cc2ccc([N+](=O)[O-])cc2)c1. The van der Waals surface area contributed by atoms with Crippen LogP contribution in [0, 0.1) is 17.0 Å². The van der Waals surface area contributed by atoms with Gasteiger partial charge in [0.2, 0.25) is 0 Å². The first kappa shape index (κ1) is 22.0. The Morgan fingerprint density at radius 3 is 2.29 bits per heavy atom. The summed E-state index contributed by atoms with van der Waals surface area (Å²) in [6.45, 7) is 2.31. The number of nitrogens with zero attached hydrogens (tertiary/aromatic N) is 5. The van der Waals surface area contributed by atoms with Gasteiger partial charge >= 0.3 is 5.69 Å². The van der Waals surface area contributed by atoms with Crippen molar-refractivity contribution < 1.29 is 4.92 Å². The standard InChI is InChI=1S/C26H21N5O4/c1-18-6-5-9-22(14-18)30-24-23(25(32)29(26(30)33)16-19-7-3-2-4-8-19)28(17-27-24)15-20-10-12-21(13-11-20)31(34)35/h2-14,17H,15-16H2,1H3. The van der Waals surface area contributed by atoms with Crippen LogP contribution in [0.3, 0.4) is 0 Å². The first-order chi connectivity index (χ1) is 16.9. The maximum Gasteiger partial charge on any atom is 0.337 e. The number of nitro benzene ring substituents is 1. The Morgan fingerprint density at radius 1 is 0.886 bits per heavy atom. The topological polar surface area (TPSA) is 105 Å². The minimum absolute atomic E-state index is 0.0114. The van der Waals surface area contributed by atoms with E-state index in [4.69, 9.17) is 0 Å². The Bertz CT molecular complexity index is 1660. The molecule has 0 atom stereocenters. The first-order valence-corrected chi connectivity index (χ1v) is 11.0. The van der Waals surface area contributed by atoms with Gasteiger partial charge in [-0.1, -0.05) is 54.6 Å². The molecule has 5 aromatic rings. The lowest BCUT2D eigenvalue weighted by Crippen LogP contribution is -2.40. The van der Waals surface area contributed by atoms with Gasteiger partial charge < -0.3 is 4.57 Å². The molecule has 2 heterocycles. The van der Waals surface area contributed by atoms with E-state index in [1.165, 1.54) is 27.6 Å². The molecule has 0 aliphatic rings. The van der Waals surface area contributed by atoms with Gasteiger partial charge in [-0.15, -0.1) is 0 Å². The minimum atomic E-state index is -0.475. The predicted octanol–water partition coefficient (Wildman–Crippen LogP) is 3.66. The molecular formula is C26H21N5O4. The maximum absolute atomic E-state index is 13.6. The Balaban J connectivity index is 1.71. The highest BCUT2D eigenvalue weighted by molar-refractivity contribution is 5.72. The summed E-state index contributed by atoms with van der Waals surface area (Å²) in [4.78, 5) is 42.2. The molecule has 9 nitrogen and oxygen atoms in total. The number of imidazole rings is 1. The number of fused-ring (bicyclic) bond motifs is 1. The van der Waals surface area contributed by atoms with Crippen molar-refractivity contribution in [2.45, 2.75) is 20.0 Å². The Morgan fingerprint density at radius 2 is 1.60 bits per heavy atom. The number of non-ortho nitro benzene ring substituents is 1. The van der Waals surface area contributed by atoms with Gasteiger partial charge in [-0.05, 0) is 35.7 Å². The highest BCUT2D eigenvalue weighted by Gasteiger charge is 2.20. The predicted molar refractivity (Wildman–Crippen MR) is 132 cm³/mol. The lowest BCUT2D eigenvalue weighted by molar-refractivity contribution is -0.384. The van der Waals surface area contributed by atoms with Crippen molar-refractivity contribution in [2.75, 3.05) is 0 Å². The summed E-state index contributed by atoms with van der Waals surface area (Å²) in [7, 11) is 0. The summed E-state index contributed by atoms with van der Waals surface area (Å²) in [5.41, 5.74) is 2.77. The zero-order valence-electron chi connectivity index (χ0n) is 18.9. The van der Waals surface area contributed by atoms with Crippen molar-refractivity contribution in [3.63, 3.8) is 0 Å². The molecule has 0 radical (unpaired) electrons. The molecule has 0 N–H and O–H groups in total. The maximum atomic E-state index is 13.6. The molecule has 5 rings (SSSR count). The van der Waals surface area contributed by atoms with E-state index in [-0.39, 0.29) is 29.9 Å². The van der Waals surface area contributed by atoms with Crippen LogP contribution in [0.5, 0.6) is 0 Å². The van der Waals surface area contributed by atoms with E-state index in [0.717, 1.165) is 16.7 Å². The number of nitro groups is 1. The monoisotopic (exact) mass is 467 g/mol. The van der Waals surface area contributed by atoms with Crippen LogP contribution in [-0.2, 0) is 13.1 Å². The van der Waals surface area contributed by atoms with Crippen LogP contribution in [0.25, 0.3) is 16.9 Å². The Hall–Kier alpha value is -4.79. The first-order valence-electron chi connectivity index (χ1n) is 11.0. The van der Waals surface area contributed by atoms with Crippen molar-refractivity contribution in [1.29, 1.82) is 0 Å². The smallest absolute Gasteiger partial charge is 0.320 e. The molecule has 0 fully saturated rings. The Labute approximate surface area is 199 Å². The lowest BCUT2D eigenvalue weighted by Gasteiger charge is -2.13. The summed E-state index contributed by atoms with van der Waals surface area (Å²) in [5, 5.41) is 11.0. The van der Waals surface area contributed by atoms with Crippen LogP contribution >= 0.6 is 0 Å². The summed E-state index contributed by atoms with van der Waals surface area (Å²) >= 11 is 0. The quantitative estimate of drug-likeness (QED) is 0.280. The lowest BCUT2D eigenvalue weighted by atomic mass is 10.2. The highest BCUT2D eigenvalue weighted by Crippen LogP contribution is 2.17. The minimum Gasteiger partial charge on any atom is -0.320 e. The summed E-state index contributed by atoms with van der Waals surface area (Å²) in [6.07, 6.45) is 1.52. The molecule has 9 heteroatoms. The number of aryl methyl sites for hydroxylation is 1. The second-order valence-electron chi connectivity index (χ2n) is 8.30. The highest BCUT2D eigenvalue weighted by atomic mass is 16.6. The molecule has 0 unspecified atom stereocenters. The van der Waals surface area contributed by atoms with Crippen LogP contribution in [0.2, 0.25) is 0 Å². The fourth-order valence-corrected chi connectivity index (χ4v) is 4.12. The number of hydrogen-bond acceptors (Lipinski definition) is 5. The zero-order chi connectivity index (χ0) is 24.5. The van der Waals surface area contributed by atoms with E-state index in [0.29, 0.717) is 5.69 Å². The van der Waals surface area contributed by atoms with Gasteiger partial charge in [0, 0.05) is 18.7 Å². The van der Waals surface area contributed by atoms with Crippen LogP contribution in [0.1, 0.15) is 16.7 Å². The molecule has 0 aliphatic heterocycles. The van der Waals surface area contributed by atoms with E-state index in [9.17, 15) is 19.7 Å². The average Bonchev–Trinajstić information content (AvgIpc) is 3.26. The fourth-order valence-electron chi connectivity index (χ4n) is 4.12. The van der Waals surface area contributed by atoms with Gasteiger partial charge in [0.05, 0.1) is 23.5 Å². The van der Waals surface area contributed by atoms with Gasteiger partial charge in [-0.3, -0.25) is 19.5 Å². The normalized spacial score (nSPS) is 11.1. The largest absolute Gasteiger partial charge is 0.337 e. The molecule has 0 aliphatic carbocycles. The average molecular weight is 467 g/mol. The van der Waals surface area contributed by atoms with E-state index >= 15 is 0 Å². The van der Waals surface area contributed by atoms with Crippen molar-refractivity contribution >= 4 is 16.9 Å². The van der Waals surface area contributed by atoms with Gasteiger partial charge in [0.15, 0.2) is 11.2 Å². The van der Waals surface area contributed by atoms with Crippen molar-refractivity contribution in [1.82, 2.24) is 18.7 Å². The van der Waals surface area contributed by atoms with Crippen LogP contribution in [-0.4, -0.2) is 23.6 Å². The molecule has 0 bridgehead atoms. The van der Waals surface area contributed by atoms with Gasteiger partial charge in [0.1, 0.15) is 0 Å². The second kappa shape index (κ2) is 8.86. The summed E-state index contributed by atoms with van der Waals surface area (Å²) in [6, 6.07) is 22.9. The third-order valence-electron chi connectivity index (χ3n) is 5.84. The van der Waals surface area contributed by atoms with E-state index < -0.39 is 16.2 Å². The number of rotatable bonds is 6. The van der Waals surface area contributed by atoms with Gasteiger partial charge in [-0.2, -0.15) is 0 Å². The molecule has 0 saturated carbocycles. The van der Waals surface area contributed by atoms with Crippen molar-refractivity contribution in [3.05, 3.63) is 133 Å². The van der Waals surface area contributed by atoms with Crippen LogP contribution < -0.4 is 11.2 Å². The summed E-state index contributed by atoms with van der Waals surface area (Å²) < 4.78 is 4.35. The molecule has 0 amide bonds. The van der Waals surface area contributed by atoms with E-state index in [1.54, 1.807) is 22.8 Å². The van der Waals surface area contributed by atoms with Crippen LogP contribution in [0.4, 0.5) is 5.69 Å². The third-order valence-corrected chi connectivity index (χ3v) is 5.84. The second-order valence-corrected chi connectivity index (χ2v) is 8.30. The molecule has 0 saturated heterocycles. The van der Waals surface area contributed by atoms with Crippen molar-refractivity contribution in [2.24, 2.45) is 0 Å². The molecule has 35 heavy (non-hydrogen) atoms. The fraction of sp³-hybridized carbons (Fsp3) is 0.115. The number of aromatic nitrogens is 4. The third kappa shape index (κ3) is 4.15. The molecule has 174 valence electrons. The van der Waals surface area contributed by atoms with E-state index in [1.807, 2.05) is 55.5 Å². The van der Waals surface area contributed by atoms with Crippen molar-refractivity contribution in [3.8, 4) is 5.69 Å². The number of benzene rings is 3. The Kier molecular flexibility index (Phi) is 5.58. The van der Waals surface area contributed by atoms with Gasteiger partial charge in [-0.25, -0.2) is 14.3 Å². The summed E-state index contributed by atoms with van der Waals surface area (Å²) in [5.74, 6) is 0. The molecule has 3 aromatic carbocycles. The molecule has 0 spiro atoms.